The van der Waals surface area contributed by atoms with Gasteiger partial charge in [-0.05, 0) is 57.8 Å². The van der Waals surface area contributed by atoms with E-state index in [9.17, 15) is 0 Å². The summed E-state index contributed by atoms with van der Waals surface area (Å²) in [6, 6.07) is 10.9. The minimum atomic E-state index is 0.156. The number of methoxy groups -OCH3 is 2. The lowest BCUT2D eigenvalue weighted by Crippen LogP contribution is -2.45. The van der Waals surface area contributed by atoms with Crippen LogP contribution in [0.3, 0.4) is 0 Å². The quantitative estimate of drug-likeness (QED) is 0.482. The maximum atomic E-state index is 5.47. The number of ether oxygens (including phenoxy) is 2. The molecule has 0 fully saturated rings. The molecule has 0 aliphatic rings. The monoisotopic (exact) mass is 418 g/mol. The Hall–Kier alpha value is -2.25. The van der Waals surface area contributed by atoms with Gasteiger partial charge in [0.15, 0.2) is 17.5 Å². The third-order valence-electron chi connectivity index (χ3n) is 4.79. The van der Waals surface area contributed by atoms with Crippen LogP contribution in [-0.4, -0.2) is 58.8 Å². The van der Waals surface area contributed by atoms with Crippen molar-refractivity contribution in [1.29, 1.82) is 0 Å². The summed E-state index contributed by atoms with van der Waals surface area (Å²) in [6.45, 7) is 5.04. The van der Waals surface area contributed by atoms with Crippen molar-refractivity contribution in [2.24, 2.45) is 4.99 Å². The summed E-state index contributed by atoms with van der Waals surface area (Å²) in [6.07, 6.45) is 0.978. The van der Waals surface area contributed by atoms with Gasteiger partial charge in [0.2, 0.25) is 0 Å². The molecule has 0 radical (unpaired) electrons. The van der Waals surface area contributed by atoms with E-state index in [-0.39, 0.29) is 12.1 Å². The van der Waals surface area contributed by atoms with Gasteiger partial charge >= 0.3 is 0 Å². The van der Waals surface area contributed by atoms with Crippen molar-refractivity contribution < 1.29 is 9.47 Å². The summed E-state index contributed by atoms with van der Waals surface area (Å²) in [5, 5.41) is 6.96. The molecule has 29 heavy (non-hydrogen) atoms. The molecule has 0 saturated carbocycles. The Kier molecular flexibility index (Phi) is 8.79. The third kappa shape index (κ3) is 6.65. The number of hydrogen-bond acceptors (Lipinski definition) is 5. The van der Waals surface area contributed by atoms with E-state index < -0.39 is 0 Å². The van der Waals surface area contributed by atoms with Gasteiger partial charge in [0.25, 0.3) is 0 Å². The number of rotatable bonds is 9. The summed E-state index contributed by atoms with van der Waals surface area (Å²) in [5.41, 5.74) is 1.15. The fraction of sp³-hybridized carbons (Fsp3) is 0.500. The first-order valence-electron chi connectivity index (χ1n) is 9.78. The van der Waals surface area contributed by atoms with Crippen LogP contribution in [-0.2, 0) is 6.42 Å². The van der Waals surface area contributed by atoms with Gasteiger partial charge in [-0.15, -0.1) is 11.3 Å². The molecule has 0 spiro atoms. The summed E-state index contributed by atoms with van der Waals surface area (Å²) >= 11 is 1.85. The largest absolute Gasteiger partial charge is 0.493 e. The second-order valence-electron chi connectivity index (χ2n) is 7.31. The van der Waals surface area contributed by atoms with Crippen LogP contribution >= 0.6 is 11.3 Å². The SMILES string of the molecule is CN=C(NCC(c1ccc(OC)c(OC)c1)N(C)C)NC(C)Cc1ccc(C)s1. The maximum absolute atomic E-state index is 5.47. The minimum Gasteiger partial charge on any atom is -0.493 e. The van der Waals surface area contributed by atoms with Gasteiger partial charge in [-0.2, -0.15) is 0 Å². The maximum Gasteiger partial charge on any atom is 0.191 e. The van der Waals surface area contributed by atoms with Crippen LogP contribution in [0.4, 0.5) is 0 Å². The molecule has 6 nitrogen and oxygen atoms in total. The van der Waals surface area contributed by atoms with Crippen LogP contribution in [0.2, 0.25) is 0 Å². The molecule has 1 aromatic heterocycles. The van der Waals surface area contributed by atoms with E-state index in [0.717, 1.165) is 29.4 Å². The number of thiophene rings is 1. The zero-order chi connectivity index (χ0) is 21.4. The number of likely N-dealkylation sites (N-methyl/N-ethyl adjacent to an activating group) is 1. The molecule has 2 rings (SSSR count). The normalized spacial score (nSPS) is 13.9. The highest BCUT2D eigenvalue weighted by Gasteiger charge is 2.18. The molecule has 7 heteroatoms. The molecule has 2 atom stereocenters. The van der Waals surface area contributed by atoms with Crippen LogP contribution in [0.5, 0.6) is 11.5 Å². The van der Waals surface area contributed by atoms with E-state index in [1.807, 2.05) is 23.5 Å². The lowest BCUT2D eigenvalue weighted by Gasteiger charge is -2.27. The Balaban J connectivity index is 2.01. The summed E-state index contributed by atoms with van der Waals surface area (Å²) in [5.74, 6) is 2.27. The van der Waals surface area contributed by atoms with Crippen molar-refractivity contribution in [1.82, 2.24) is 15.5 Å². The van der Waals surface area contributed by atoms with Gasteiger partial charge in [0.1, 0.15) is 0 Å². The van der Waals surface area contributed by atoms with Crippen molar-refractivity contribution in [2.45, 2.75) is 32.4 Å². The smallest absolute Gasteiger partial charge is 0.191 e. The molecule has 0 saturated heterocycles. The Morgan fingerprint density at radius 1 is 1.14 bits per heavy atom. The van der Waals surface area contributed by atoms with Gasteiger partial charge < -0.3 is 25.0 Å². The van der Waals surface area contributed by atoms with E-state index >= 15 is 0 Å². The fourth-order valence-corrected chi connectivity index (χ4v) is 4.25. The fourth-order valence-electron chi connectivity index (χ4n) is 3.23. The molecule has 2 N–H and O–H groups in total. The summed E-state index contributed by atoms with van der Waals surface area (Å²) in [7, 11) is 9.25. The molecular formula is C22H34N4O2S. The lowest BCUT2D eigenvalue weighted by atomic mass is 10.1. The first kappa shape index (κ1) is 23.0. The second-order valence-corrected chi connectivity index (χ2v) is 8.68. The minimum absolute atomic E-state index is 0.156. The molecule has 0 aliphatic carbocycles. The summed E-state index contributed by atoms with van der Waals surface area (Å²) < 4.78 is 10.8. The second kappa shape index (κ2) is 11.1. The molecule has 0 aliphatic heterocycles. The summed E-state index contributed by atoms with van der Waals surface area (Å²) in [4.78, 5) is 9.31. The molecule has 0 bridgehead atoms. The Bertz CT molecular complexity index is 804. The van der Waals surface area contributed by atoms with E-state index in [2.05, 4.69) is 66.7 Å². The van der Waals surface area contributed by atoms with Crippen molar-refractivity contribution >= 4 is 17.3 Å². The Morgan fingerprint density at radius 3 is 2.41 bits per heavy atom. The number of guanidine groups is 1. The third-order valence-corrected chi connectivity index (χ3v) is 5.81. The van der Waals surface area contributed by atoms with Gasteiger partial charge in [-0.1, -0.05) is 6.07 Å². The van der Waals surface area contributed by atoms with Gasteiger partial charge in [-0.3, -0.25) is 4.99 Å². The first-order valence-corrected chi connectivity index (χ1v) is 10.6. The average molecular weight is 419 g/mol. The van der Waals surface area contributed by atoms with Gasteiger partial charge in [-0.25, -0.2) is 0 Å². The number of benzene rings is 1. The molecule has 2 aromatic rings. The van der Waals surface area contributed by atoms with E-state index in [1.54, 1.807) is 21.3 Å². The number of nitrogens with zero attached hydrogens (tertiary/aromatic N) is 2. The number of aryl methyl sites for hydroxylation is 1. The number of nitrogens with one attached hydrogen (secondary N) is 2. The topological polar surface area (TPSA) is 58.1 Å². The van der Waals surface area contributed by atoms with Crippen LogP contribution < -0.4 is 20.1 Å². The Morgan fingerprint density at radius 2 is 1.86 bits per heavy atom. The van der Waals surface area contributed by atoms with Crippen molar-refractivity contribution in [3.63, 3.8) is 0 Å². The van der Waals surface area contributed by atoms with Crippen molar-refractivity contribution in [3.8, 4) is 11.5 Å². The van der Waals surface area contributed by atoms with Crippen LogP contribution in [0, 0.1) is 6.92 Å². The zero-order valence-corrected chi connectivity index (χ0v) is 19.4. The highest BCUT2D eigenvalue weighted by molar-refractivity contribution is 7.11. The lowest BCUT2D eigenvalue weighted by molar-refractivity contribution is 0.295. The molecule has 1 aromatic carbocycles. The molecule has 2 unspecified atom stereocenters. The average Bonchev–Trinajstić information content (AvgIpc) is 3.11. The Labute approximate surface area is 178 Å². The van der Waals surface area contributed by atoms with Crippen molar-refractivity contribution in [3.05, 3.63) is 45.6 Å². The number of aliphatic imine (C=N–C) groups is 1. The van der Waals surface area contributed by atoms with Crippen LogP contribution in [0.15, 0.2) is 35.3 Å². The number of hydrogen-bond donors (Lipinski definition) is 2. The molecule has 160 valence electrons. The van der Waals surface area contributed by atoms with Crippen LogP contribution in [0.1, 0.15) is 28.3 Å². The standard InChI is InChI=1S/C22H34N4O2S/c1-15(12-18-10-8-16(2)29-18)25-22(23-3)24-14-19(26(4)5)17-9-11-20(27-6)21(13-17)28-7/h8-11,13,15,19H,12,14H2,1-7H3,(H2,23,24,25). The molecule has 0 amide bonds. The predicted octanol–water partition coefficient (Wildman–Crippen LogP) is 3.47. The molecule has 1 heterocycles. The van der Waals surface area contributed by atoms with Gasteiger partial charge in [0, 0.05) is 35.8 Å². The zero-order valence-electron chi connectivity index (χ0n) is 18.6. The van der Waals surface area contributed by atoms with Crippen molar-refractivity contribution in [2.75, 3.05) is 41.9 Å². The van der Waals surface area contributed by atoms with Crippen LogP contribution in [0.25, 0.3) is 0 Å². The highest BCUT2D eigenvalue weighted by Crippen LogP contribution is 2.31. The van der Waals surface area contributed by atoms with E-state index in [0.29, 0.717) is 6.54 Å². The predicted molar refractivity (Wildman–Crippen MR) is 123 cm³/mol. The molecular weight excluding hydrogens is 384 g/mol. The van der Waals surface area contributed by atoms with E-state index in [4.69, 9.17) is 9.47 Å². The van der Waals surface area contributed by atoms with E-state index in [1.165, 1.54) is 9.75 Å². The first-order chi connectivity index (χ1) is 13.9. The van der Waals surface area contributed by atoms with Gasteiger partial charge in [0.05, 0.1) is 20.3 Å². The highest BCUT2D eigenvalue weighted by atomic mass is 32.1.